The van der Waals surface area contributed by atoms with Crippen LogP contribution >= 0.6 is 0 Å². The Labute approximate surface area is 129 Å². The Morgan fingerprint density at radius 3 is 2.52 bits per heavy atom. The molecular formula is C18H30N2O. The molecular weight excluding hydrogens is 260 g/mol. The molecule has 0 amide bonds. The van der Waals surface area contributed by atoms with Crippen molar-refractivity contribution in [1.82, 2.24) is 4.90 Å². The van der Waals surface area contributed by atoms with E-state index in [0.717, 1.165) is 26.1 Å². The number of ether oxygens (including phenoxy) is 1. The molecule has 3 heteroatoms. The fourth-order valence-corrected chi connectivity index (χ4v) is 3.11. The van der Waals surface area contributed by atoms with Crippen LogP contribution in [0.3, 0.4) is 0 Å². The maximum Gasteiger partial charge on any atom is 0.0702 e. The normalized spacial score (nSPS) is 21.7. The highest BCUT2D eigenvalue weighted by Crippen LogP contribution is 2.21. The minimum Gasteiger partial charge on any atom is -0.377 e. The summed E-state index contributed by atoms with van der Waals surface area (Å²) in [4.78, 5) is 2.45. The van der Waals surface area contributed by atoms with Gasteiger partial charge in [-0.2, -0.15) is 0 Å². The second-order valence-corrected chi connectivity index (χ2v) is 6.08. The van der Waals surface area contributed by atoms with Gasteiger partial charge in [0.05, 0.1) is 6.10 Å². The third-order valence-corrected chi connectivity index (χ3v) is 4.74. The molecule has 0 aromatic heterocycles. The Hall–Kier alpha value is -0.900. The van der Waals surface area contributed by atoms with Gasteiger partial charge in [-0.25, -0.2) is 0 Å². The zero-order valence-electron chi connectivity index (χ0n) is 13.7. The van der Waals surface area contributed by atoms with Gasteiger partial charge in [-0.3, -0.25) is 4.90 Å². The second kappa shape index (κ2) is 7.92. The molecule has 21 heavy (non-hydrogen) atoms. The molecule has 1 aromatic rings. The van der Waals surface area contributed by atoms with Crippen molar-refractivity contribution in [3.05, 3.63) is 35.4 Å². The number of nitrogens with zero attached hydrogens (tertiary/aromatic N) is 1. The Morgan fingerprint density at radius 1 is 1.29 bits per heavy atom. The lowest BCUT2D eigenvalue weighted by molar-refractivity contribution is 0.0573. The van der Waals surface area contributed by atoms with Gasteiger partial charge < -0.3 is 10.5 Å². The van der Waals surface area contributed by atoms with Crippen molar-refractivity contribution in [3.63, 3.8) is 0 Å². The molecule has 2 rings (SSSR count). The summed E-state index contributed by atoms with van der Waals surface area (Å²) in [7, 11) is 0. The summed E-state index contributed by atoms with van der Waals surface area (Å²) in [6, 6.07) is 9.13. The Kier molecular flexibility index (Phi) is 6.22. The van der Waals surface area contributed by atoms with Gasteiger partial charge in [0.2, 0.25) is 0 Å². The van der Waals surface area contributed by atoms with Gasteiger partial charge >= 0.3 is 0 Å². The third-order valence-electron chi connectivity index (χ3n) is 4.74. The molecule has 3 nitrogen and oxygen atoms in total. The van der Waals surface area contributed by atoms with Crippen LogP contribution in [0.25, 0.3) is 0 Å². The first-order chi connectivity index (χ1) is 10.2. The summed E-state index contributed by atoms with van der Waals surface area (Å²) < 4.78 is 5.77. The molecule has 0 aliphatic carbocycles. The first-order valence-electron chi connectivity index (χ1n) is 8.35. The molecule has 3 atom stereocenters. The van der Waals surface area contributed by atoms with E-state index in [9.17, 15) is 0 Å². The topological polar surface area (TPSA) is 38.5 Å². The summed E-state index contributed by atoms with van der Waals surface area (Å²) in [6.45, 7) is 9.55. The lowest BCUT2D eigenvalue weighted by Gasteiger charge is -2.34. The fourth-order valence-electron chi connectivity index (χ4n) is 3.11. The Bertz CT molecular complexity index is 412. The molecule has 2 N–H and O–H groups in total. The molecule has 1 heterocycles. The van der Waals surface area contributed by atoms with Gasteiger partial charge in [-0.05, 0) is 43.9 Å². The molecule has 1 aromatic carbocycles. The number of hydrogen-bond donors (Lipinski definition) is 1. The molecule has 3 unspecified atom stereocenters. The van der Waals surface area contributed by atoms with E-state index < -0.39 is 0 Å². The van der Waals surface area contributed by atoms with Gasteiger partial charge in [0.15, 0.2) is 0 Å². The molecule has 1 aliphatic rings. The average molecular weight is 290 g/mol. The number of hydrogen-bond acceptors (Lipinski definition) is 3. The van der Waals surface area contributed by atoms with Crippen LogP contribution in [0, 0.1) is 0 Å². The monoisotopic (exact) mass is 290 g/mol. The van der Waals surface area contributed by atoms with Crippen molar-refractivity contribution in [1.29, 1.82) is 0 Å². The minimum atomic E-state index is 0.0530. The number of nitrogens with two attached hydrogens (primary N) is 1. The van der Waals surface area contributed by atoms with E-state index in [1.165, 1.54) is 24.0 Å². The molecule has 1 aliphatic heterocycles. The lowest BCUT2D eigenvalue weighted by atomic mass is 9.98. The van der Waals surface area contributed by atoms with Crippen LogP contribution < -0.4 is 5.73 Å². The van der Waals surface area contributed by atoms with Crippen LogP contribution in [0.1, 0.15) is 50.8 Å². The highest BCUT2D eigenvalue weighted by Gasteiger charge is 2.25. The van der Waals surface area contributed by atoms with Gasteiger partial charge in [0, 0.05) is 25.2 Å². The molecule has 1 saturated heterocycles. The highest BCUT2D eigenvalue weighted by molar-refractivity contribution is 5.25. The maximum absolute atomic E-state index is 6.50. The Balaban J connectivity index is 1.98. The highest BCUT2D eigenvalue weighted by atomic mass is 16.5. The molecule has 118 valence electrons. The van der Waals surface area contributed by atoms with Gasteiger partial charge in [0.1, 0.15) is 0 Å². The largest absolute Gasteiger partial charge is 0.377 e. The van der Waals surface area contributed by atoms with Crippen LogP contribution in [-0.2, 0) is 11.2 Å². The van der Waals surface area contributed by atoms with E-state index >= 15 is 0 Å². The van der Waals surface area contributed by atoms with Crippen molar-refractivity contribution in [2.24, 2.45) is 5.73 Å². The summed E-state index contributed by atoms with van der Waals surface area (Å²) >= 11 is 0. The van der Waals surface area contributed by atoms with Crippen molar-refractivity contribution in [2.45, 2.75) is 58.2 Å². The molecule has 1 fully saturated rings. The maximum atomic E-state index is 6.50. The van der Waals surface area contributed by atoms with Crippen LogP contribution in [0.15, 0.2) is 24.3 Å². The van der Waals surface area contributed by atoms with E-state index in [-0.39, 0.29) is 6.04 Å². The summed E-state index contributed by atoms with van der Waals surface area (Å²) in [5, 5.41) is 0. The van der Waals surface area contributed by atoms with Crippen LogP contribution in [-0.4, -0.2) is 36.7 Å². The number of rotatable bonds is 7. The molecule has 0 radical (unpaired) electrons. The van der Waals surface area contributed by atoms with Crippen LogP contribution in [0.4, 0.5) is 0 Å². The number of aryl methyl sites for hydroxylation is 1. The summed E-state index contributed by atoms with van der Waals surface area (Å²) in [5.74, 6) is 0. The zero-order chi connectivity index (χ0) is 15.2. The predicted molar refractivity (Wildman–Crippen MR) is 88.4 cm³/mol. The zero-order valence-corrected chi connectivity index (χ0v) is 13.7. The standard InChI is InChI=1S/C18H30N2O/c1-4-15-8-10-16(11-9-15)18(19)14(3)20(5-2)13-17-7-6-12-21-17/h8-11,14,17-18H,4-7,12-13,19H2,1-3H3. The van der Waals surface area contributed by atoms with Crippen LogP contribution in [0.2, 0.25) is 0 Å². The molecule has 0 spiro atoms. The van der Waals surface area contributed by atoms with E-state index in [0.29, 0.717) is 12.1 Å². The van der Waals surface area contributed by atoms with E-state index in [2.05, 4.69) is 49.9 Å². The molecule has 0 bridgehead atoms. The third kappa shape index (κ3) is 4.29. The van der Waals surface area contributed by atoms with E-state index in [1.807, 2.05) is 0 Å². The average Bonchev–Trinajstić information content (AvgIpc) is 3.04. The second-order valence-electron chi connectivity index (χ2n) is 6.08. The molecule has 0 saturated carbocycles. The van der Waals surface area contributed by atoms with E-state index in [4.69, 9.17) is 10.5 Å². The van der Waals surface area contributed by atoms with Crippen LogP contribution in [0.5, 0.6) is 0 Å². The van der Waals surface area contributed by atoms with Crippen molar-refractivity contribution in [2.75, 3.05) is 19.7 Å². The smallest absolute Gasteiger partial charge is 0.0702 e. The lowest BCUT2D eigenvalue weighted by Crippen LogP contribution is -2.44. The van der Waals surface area contributed by atoms with Crippen molar-refractivity contribution < 1.29 is 4.74 Å². The van der Waals surface area contributed by atoms with E-state index in [1.54, 1.807) is 0 Å². The summed E-state index contributed by atoms with van der Waals surface area (Å²) in [5.41, 5.74) is 9.09. The number of likely N-dealkylation sites (N-methyl/N-ethyl adjacent to an activating group) is 1. The van der Waals surface area contributed by atoms with Gasteiger partial charge in [0.25, 0.3) is 0 Å². The van der Waals surface area contributed by atoms with Gasteiger partial charge in [-0.15, -0.1) is 0 Å². The van der Waals surface area contributed by atoms with Gasteiger partial charge in [-0.1, -0.05) is 38.1 Å². The summed E-state index contributed by atoms with van der Waals surface area (Å²) in [6.07, 6.45) is 3.85. The van der Waals surface area contributed by atoms with Crippen molar-refractivity contribution in [3.8, 4) is 0 Å². The Morgan fingerprint density at radius 2 is 2.00 bits per heavy atom. The minimum absolute atomic E-state index is 0.0530. The first kappa shape index (κ1) is 16.5. The quantitative estimate of drug-likeness (QED) is 0.838. The SMILES string of the molecule is CCc1ccc(C(N)C(C)N(CC)CC2CCCO2)cc1. The van der Waals surface area contributed by atoms with Crippen molar-refractivity contribution >= 4 is 0 Å². The predicted octanol–water partition coefficient (Wildman–Crippen LogP) is 3.14. The number of benzene rings is 1. The first-order valence-corrected chi connectivity index (χ1v) is 8.35. The fraction of sp³-hybridized carbons (Fsp3) is 0.667.